The van der Waals surface area contributed by atoms with Crippen molar-refractivity contribution in [1.29, 1.82) is 0 Å². The molecule has 19 heavy (non-hydrogen) atoms. The summed E-state index contributed by atoms with van der Waals surface area (Å²) < 4.78 is 10.3. The number of nitrogens with two attached hydrogens (primary N) is 1. The summed E-state index contributed by atoms with van der Waals surface area (Å²) in [7, 11) is 1.65. The first-order valence-corrected chi connectivity index (χ1v) is 6.43. The number of methoxy groups -OCH3 is 1. The van der Waals surface area contributed by atoms with Crippen molar-refractivity contribution in [1.82, 2.24) is 5.16 Å². The summed E-state index contributed by atoms with van der Waals surface area (Å²) in [4.78, 5) is 2.37. The van der Waals surface area contributed by atoms with Crippen LogP contribution in [-0.4, -0.2) is 25.4 Å². The number of rotatable bonds is 3. The van der Waals surface area contributed by atoms with Gasteiger partial charge in [-0.3, -0.25) is 0 Å². The van der Waals surface area contributed by atoms with Crippen molar-refractivity contribution < 1.29 is 9.26 Å². The lowest BCUT2D eigenvalue weighted by Gasteiger charge is -2.19. The third-order valence-corrected chi connectivity index (χ3v) is 3.54. The summed E-state index contributed by atoms with van der Waals surface area (Å²) in [6.07, 6.45) is 4.12. The molecule has 2 heterocycles. The van der Waals surface area contributed by atoms with Crippen molar-refractivity contribution in [2.45, 2.75) is 12.8 Å². The van der Waals surface area contributed by atoms with Crippen LogP contribution in [0.15, 0.2) is 28.9 Å². The average Bonchev–Trinajstić information content (AvgIpc) is 3.09. The maximum Gasteiger partial charge on any atom is 0.230 e. The maximum atomic E-state index is 5.80. The molecular weight excluding hydrogens is 242 g/mol. The van der Waals surface area contributed by atoms with E-state index in [-0.39, 0.29) is 0 Å². The van der Waals surface area contributed by atoms with E-state index in [9.17, 15) is 0 Å². The first kappa shape index (κ1) is 11.9. The van der Waals surface area contributed by atoms with Crippen LogP contribution in [0.5, 0.6) is 5.75 Å². The Morgan fingerprint density at radius 1 is 1.26 bits per heavy atom. The normalized spacial score (nSPS) is 14.9. The van der Waals surface area contributed by atoms with E-state index >= 15 is 0 Å². The van der Waals surface area contributed by atoms with Crippen LogP contribution in [0.3, 0.4) is 0 Å². The molecule has 0 unspecified atom stereocenters. The van der Waals surface area contributed by atoms with E-state index in [1.165, 1.54) is 18.5 Å². The summed E-state index contributed by atoms with van der Waals surface area (Å²) in [5.41, 5.74) is 8.69. The third kappa shape index (κ3) is 2.12. The van der Waals surface area contributed by atoms with Crippen LogP contribution in [0.4, 0.5) is 11.6 Å². The second-order valence-electron chi connectivity index (χ2n) is 4.68. The molecule has 1 aromatic carbocycles. The molecule has 0 bridgehead atoms. The van der Waals surface area contributed by atoms with E-state index in [2.05, 4.69) is 22.2 Å². The molecule has 0 radical (unpaired) electrons. The van der Waals surface area contributed by atoms with Crippen molar-refractivity contribution in [3.8, 4) is 16.9 Å². The van der Waals surface area contributed by atoms with E-state index in [1.807, 2.05) is 6.07 Å². The van der Waals surface area contributed by atoms with E-state index < -0.39 is 0 Å². The summed E-state index contributed by atoms with van der Waals surface area (Å²) in [5, 5.41) is 3.73. The van der Waals surface area contributed by atoms with Gasteiger partial charge < -0.3 is 19.9 Å². The molecule has 3 rings (SSSR count). The van der Waals surface area contributed by atoms with Crippen LogP contribution in [0.1, 0.15) is 12.8 Å². The number of anilines is 2. The highest BCUT2D eigenvalue weighted by Gasteiger charge is 2.17. The number of benzene rings is 1. The molecule has 0 amide bonds. The smallest absolute Gasteiger partial charge is 0.230 e. The molecule has 1 aromatic heterocycles. The predicted octanol–water partition coefficient (Wildman–Crippen LogP) is 2.53. The van der Waals surface area contributed by atoms with Crippen LogP contribution >= 0.6 is 0 Å². The van der Waals surface area contributed by atoms with Gasteiger partial charge in [-0.2, -0.15) is 0 Å². The minimum Gasteiger partial charge on any atom is -0.496 e. The fourth-order valence-electron chi connectivity index (χ4n) is 2.53. The first-order valence-electron chi connectivity index (χ1n) is 6.43. The van der Waals surface area contributed by atoms with Gasteiger partial charge in [0, 0.05) is 24.3 Å². The minimum atomic E-state index is 0.317. The zero-order valence-electron chi connectivity index (χ0n) is 10.9. The van der Waals surface area contributed by atoms with Crippen LogP contribution in [0.25, 0.3) is 11.1 Å². The lowest BCUT2D eigenvalue weighted by molar-refractivity contribution is 0.416. The Morgan fingerprint density at radius 2 is 2.05 bits per heavy atom. The summed E-state index contributed by atoms with van der Waals surface area (Å²) >= 11 is 0. The Balaban J connectivity index is 2.05. The Morgan fingerprint density at radius 3 is 2.68 bits per heavy atom. The molecule has 0 saturated carbocycles. The highest BCUT2D eigenvalue weighted by atomic mass is 16.5. The molecule has 100 valence electrons. The zero-order valence-corrected chi connectivity index (χ0v) is 10.9. The van der Waals surface area contributed by atoms with Gasteiger partial charge >= 0.3 is 0 Å². The summed E-state index contributed by atoms with van der Waals surface area (Å²) in [6.45, 7) is 2.20. The Bertz CT molecular complexity index is 574. The number of hydrogen-bond acceptors (Lipinski definition) is 5. The van der Waals surface area contributed by atoms with Gasteiger partial charge in [-0.05, 0) is 31.0 Å². The van der Waals surface area contributed by atoms with Gasteiger partial charge in [-0.15, -0.1) is 0 Å². The first-order chi connectivity index (χ1) is 9.29. The number of ether oxygens (including phenoxy) is 1. The molecule has 1 aliphatic heterocycles. The Hall–Kier alpha value is -2.17. The van der Waals surface area contributed by atoms with Crippen molar-refractivity contribution >= 4 is 11.6 Å². The lowest BCUT2D eigenvalue weighted by Crippen LogP contribution is -2.17. The van der Waals surface area contributed by atoms with Gasteiger partial charge in [0.15, 0.2) is 0 Å². The Kier molecular flexibility index (Phi) is 3.03. The number of nitrogen functional groups attached to an aromatic ring is 1. The highest BCUT2D eigenvalue weighted by molar-refractivity contribution is 5.80. The zero-order chi connectivity index (χ0) is 13.2. The molecule has 1 aliphatic rings. The standard InChI is InChI=1S/C14H17N3O2/c1-18-13-5-4-10(17-6-2-3-7-17)8-11(13)12-9-16-19-14(12)15/h4-5,8-9H,2-3,6-7,15H2,1H3. The van der Waals surface area contributed by atoms with Crippen LogP contribution in [-0.2, 0) is 0 Å². The van der Waals surface area contributed by atoms with E-state index in [1.54, 1.807) is 13.3 Å². The molecule has 0 atom stereocenters. The van der Waals surface area contributed by atoms with Crippen molar-refractivity contribution in [2.75, 3.05) is 30.8 Å². The highest BCUT2D eigenvalue weighted by Crippen LogP contribution is 2.37. The van der Waals surface area contributed by atoms with E-state index in [0.29, 0.717) is 5.88 Å². The minimum absolute atomic E-state index is 0.317. The average molecular weight is 259 g/mol. The topological polar surface area (TPSA) is 64.5 Å². The lowest BCUT2D eigenvalue weighted by atomic mass is 10.1. The van der Waals surface area contributed by atoms with Gasteiger partial charge in [0.25, 0.3) is 0 Å². The SMILES string of the molecule is COc1ccc(N2CCCC2)cc1-c1cnoc1N. The molecule has 5 heteroatoms. The molecule has 1 saturated heterocycles. The fourth-order valence-corrected chi connectivity index (χ4v) is 2.53. The molecule has 5 nitrogen and oxygen atoms in total. The van der Waals surface area contributed by atoms with Gasteiger partial charge in [0.2, 0.25) is 5.88 Å². The second-order valence-corrected chi connectivity index (χ2v) is 4.68. The van der Waals surface area contributed by atoms with Gasteiger partial charge in [0.1, 0.15) is 5.75 Å². The third-order valence-electron chi connectivity index (χ3n) is 3.54. The predicted molar refractivity (Wildman–Crippen MR) is 74.4 cm³/mol. The Labute approximate surface area is 111 Å². The largest absolute Gasteiger partial charge is 0.496 e. The quantitative estimate of drug-likeness (QED) is 0.917. The molecule has 0 aliphatic carbocycles. The maximum absolute atomic E-state index is 5.80. The van der Waals surface area contributed by atoms with Gasteiger partial charge in [0.05, 0.1) is 18.9 Å². The monoisotopic (exact) mass is 259 g/mol. The molecule has 2 N–H and O–H groups in total. The number of aromatic nitrogens is 1. The van der Waals surface area contributed by atoms with Crippen molar-refractivity contribution in [3.63, 3.8) is 0 Å². The molecule has 0 spiro atoms. The second kappa shape index (κ2) is 4.84. The molecule has 1 fully saturated rings. The molecule has 2 aromatic rings. The van der Waals surface area contributed by atoms with Gasteiger partial charge in [-0.1, -0.05) is 5.16 Å². The number of hydrogen-bond donors (Lipinski definition) is 1. The van der Waals surface area contributed by atoms with Crippen LogP contribution in [0, 0.1) is 0 Å². The van der Waals surface area contributed by atoms with E-state index in [0.717, 1.165) is 30.0 Å². The number of nitrogens with zero attached hydrogens (tertiary/aromatic N) is 2. The van der Waals surface area contributed by atoms with E-state index in [4.69, 9.17) is 15.0 Å². The van der Waals surface area contributed by atoms with Crippen LogP contribution in [0.2, 0.25) is 0 Å². The van der Waals surface area contributed by atoms with Gasteiger partial charge in [-0.25, -0.2) is 0 Å². The van der Waals surface area contributed by atoms with Crippen LogP contribution < -0.4 is 15.4 Å². The fraction of sp³-hybridized carbons (Fsp3) is 0.357. The summed E-state index contributed by atoms with van der Waals surface area (Å²) in [5.74, 6) is 1.09. The van der Waals surface area contributed by atoms with Crippen molar-refractivity contribution in [3.05, 3.63) is 24.4 Å². The molecular formula is C14H17N3O2. The van der Waals surface area contributed by atoms with Crippen molar-refractivity contribution in [2.24, 2.45) is 0 Å². The summed E-state index contributed by atoms with van der Waals surface area (Å²) in [6, 6.07) is 6.14.